The lowest BCUT2D eigenvalue weighted by atomic mass is 10.2. The van der Waals surface area contributed by atoms with Gasteiger partial charge in [0.1, 0.15) is 0 Å². The molecule has 1 fully saturated rings. The summed E-state index contributed by atoms with van der Waals surface area (Å²) in [5, 5.41) is 11.6. The molecule has 5 nitrogen and oxygen atoms in total. The van der Waals surface area contributed by atoms with E-state index in [-0.39, 0.29) is 25.0 Å². The van der Waals surface area contributed by atoms with Gasteiger partial charge in [-0.2, -0.15) is 0 Å². The van der Waals surface area contributed by atoms with Crippen LogP contribution >= 0.6 is 0 Å². The SMILES string of the molecule is Cc1ccccc1NC(=O)N(CCC(=O)O)C1CC1. The van der Waals surface area contributed by atoms with Crippen LogP contribution in [0.4, 0.5) is 10.5 Å². The van der Waals surface area contributed by atoms with Gasteiger partial charge in [-0.3, -0.25) is 4.79 Å². The Morgan fingerprint density at radius 1 is 1.37 bits per heavy atom. The molecule has 1 aromatic rings. The highest BCUT2D eigenvalue weighted by Crippen LogP contribution is 2.28. The molecule has 5 heteroatoms. The maximum Gasteiger partial charge on any atom is 0.322 e. The molecule has 1 aliphatic carbocycles. The largest absolute Gasteiger partial charge is 0.481 e. The molecule has 102 valence electrons. The molecular weight excluding hydrogens is 244 g/mol. The monoisotopic (exact) mass is 262 g/mol. The highest BCUT2D eigenvalue weighted by molar-refractivity contribution is 5.90. The molecule has 0 aromatic heterocycles. The number of hydrogen-bond donors (Lipinski definition) is 2. The number of anilines is 1. The first kappa shape index (κ1) is 13.4. The van der Waals surface area contributed by atoms with Crippen molar-refractivity contribution in [2.24, 2.45) is 0 Å². The van der Waals surface area contributed by atoms with Crippen LogP contribution in [-0.4, -0.2) is 34.6 Å². The number of aliphatic carboxylic acids is 1. The summed E-state index contributed by atoms with van der Waals surface area (Å²) in [6.07, 6.45) is 1.90. The Balaban J connectivity index is 1.99. The first-order valence-electron chi connectivity index (χ1n) is 6.43. The van der Waals surface area contributed by atoms with Gasteiger partial charge in [-0.25, -0.2) is 4.79 Å². The van der Waals surface area contributed by atoms with Gasteiger partial charge in [0, 0.05) is 18.3 Å². The Kier molecular flexibility index (Phi) is 4.04. The number of urea groups is 1. The molecule has 0 saturated heterocycles. The highest BCUT2D eigenvalue weighted by Gasteiger charge is 2.32. The number of benzene rings is 1. The molecule has 2 amide bonds. The van der Waals surface area contributed by atoms with E-state index in [1.54, 1.807) is 4.90 Å². The Labute approximate surface area is 112 Å². The van der Waals surface area contributed by atoms with Crippen molar-refractivity contribution >= 4 is 17.7 Å². The molecule has 0 heterocycles. The lowest BCUT2D eigenvalue weighted by Crippen LogP contribution is -2.38. The zero-order valence-electron chi connectivity index (χ0n) is 10.9. The molecule has 0 atom stereocenters. The second-order valence-electron chi connectivity index (χ2n) is 4.81. The normalized spacial score (nSPS) is 13.9. The number of carboxylic acid groups (broad SMARTS) is 1. The third-order valence-electron chi connectivity index (χ3n) is 3.20. The zero-order valence-corrected chi connectivity index (χ0v) is 10.9. The molecule has 2 rings (SSSR count). The predicted octanol–water partition coefficient (Wildman–Crippen LogP) is 2.47. The van der Waals surface area contributed by atoms with Gasteiger partial charge < -0.3 is 15.3 Å². The number of nitrogens with one attached hydrogen (secondary N) is 1. The number of nitrogens with zero attached hydrogens (tertiary/aromatic N) is 1. The lowest BCUT2D eigenvalue weighted by Gasteiger charge is -2.22. The van der Waals surface area contributed by atoms with Gasteiger partial charge in [-0.15, -0.1) is 0 Å². The summed E-state index contributed by atoms with van der Waals surface area (Å²) in [5.74, 6) is -0.880. The lowest BCUT2D eigenvalue weighted by molar-refractivity contribution is -0.137. The second-order valence-corrected chi connectivity index (χ2v) is 4.81. The molecule has 0 unspecified atom stereocenters. The summed E-state index contributed by atoms with van der Waals surface area (Å²) in [6.45, 7) is 2.19. The number of aryl methyl sites for hydroxylation is 1. The van der Waals surface area contributed by atoms with Crippen LogP contribution in [-0.2, 0) is 4.79 Å². The summed E-state index contributed by atoms with van der Waals surface area (Å²) in [6, 6.07) is 7.53. The molecule has 1 saturated carbocycles. The fourth-order valence-corrected chi connectivity index (χ4v) is 1.95. The average molecular weight is 262 g/mol. The number of amides is 2. The Bertz CT molecular complexity index is 483. The molecule has 0 aliphatic heterocycles. The van der Waals surface area contributed by atoms with Crippen molar-refractivity contribution in [2.75, 3.05) is 11.9 Å². The number of para-hydroxylation sites is 1. The van der Waals surface area contributed by atoms with E-state index < -0.39 is 5.97 Å². The third-order valence-corrected chi connectivity index (χ3v) is 3.20. The summed E-state index contributed by atoms with van der Waals surface area (Å²) < 4.78 is 0. The Hall–Kier alpha value is -2.04. The molecule has 0 bridgehead atoms. The summed E-state index contributed by atoms with van der Waals surface area (Å²) in [4.78, 5) is 24.4. The number of hydrogen-bond acceptors (Lipinski definition) is 2. The average Bonchev–Trinajstić information content (AvgIpc) is 3.16. The third kappa shape index (κ3) is 3.71. The van der Waals surface area contributed by atoms with E-state index in [9.17, 15) is 9.59 Å². The maximum absolute atomic E-state index is 12.2. The van der Waals surface area contributed by atoms with Crippen molar-refractivity contribution in [3.63, 3.8) is 0 Å². The van der Waals surface area contributed by atoms with Gasteiger partial charge in [0.2, 0.25) is 0 Å². The minimum Gasteiger partial charge on any atom is -0.481 e. The summed E-state index contributed by atoms with van der Waals surface area (Å²) in [7, 11) is 0. The van der Waals surface area contributed by atoms with E-state index in [2.05, 4.69) is 5.32 Å². The molecule has 1 aliphatic rings. The van der Waals surface area contributed by atoms with Gasteiger partial charge >= 0.3 is 12.0 Å². The standard InChI is InChI=1S/C14H18N2O3/c1-10-4-2-3-5-12(10)15-14(19)16(11-6-7-11)9-8-13(17)18/h2-5,11H,6-9H2,1H3,(H,15,19)(H,17,18). The van der Waals surface area contributed by atoms with Crippen LogP contribution in [0.1, 0.15) is 24.8 Å². The summed E-state index contributed by atoms with van der Waals surface area (Å²) >= 11 is 0. The molecule has 19 heavy (non-hydrogen) atoms. The van der Waals surface area contributed by atoms with Gasteiger partial charge in [0.25, 0.3) is 0 Å². The minimum absolute atomic E-state index is 0.0162. The van der Waals surface area contributed by atoms with Gasteiger partial charge in [-0.05, 0) is 31.4 Å². The molecule has 0 spiro atoms. The smallest absolute Gasteiger partial charge is 0.322 e. The fraction of sp³-hybridized carbons (Fsp3) is 0.429. The van der Waals surface area contributed by atoms with Gasteiger partial charge in [0.05, 0.1) is 6.42 Å². The van der Waals surface area contributed by atoms with Crippen LogP contribution in [0.3, 0.4) is 0 Å². The first-order chi connectivity index (χ1) is 9.08. The number of carbonyl (C=O) groups is 2. The van der Waals surface area contributed by atoms with E-state index in [4.69, 9.17) is 5.11 Å². The Morgan fingerprint density at radius 2 is 2.05 bits per heavy atom. The number of carbonyl (C=O) groups excluding carboxylic acids is 1. The predicted molar refractivity (Wildman–Crippen MR) is 72.2 cm³/mol. The van der Waals surface area contributed by atoms with Crippen molar-refractivity contribution in [1.82, 2.24) is 4.90 Å². The van der Waals surface area contributed by atoms with Gasteiger partial charge in [0.15, 0.2) is 0 Å². The van der Waals surface area contributed by atoms with Crippen LogP contribution in [0, 0.1) is 6.92 Å². The highest BCUT2D eigenvalue weighted by atomic mass is 16.4. The number of carboxylic acids is 1. The summed E-state index contributed by atoms with van der Waals surface area (Å²) in [5.41, 5.74) is 1.76. The number of rotatable bonds is 5. The quantitative estimate of drug-likeness (QED) is 0.856. The van der Waals surface area contributed by atoms with Crippen molar-refractivity contribution in [2.45, 2.75) is 32.2 Å². The van der Waals surface area contributed by atoms with Crippen LogP contribution in [0.5, 0.6) is 0 Å². The maximum atomic E-state index is 12.2. The van der Waals surface area contributed by atoms with Crippen molar-refractivity contribution in [3.8, 4) is 0 Å². The van der Waals surface area contributed by atoms with Crippen LogP contribution in [0.2, 0.25) is 0 Å². The van der Waals surface area contributed by atoms with Crippen molar-refractivity contribution in [3.05, 3.63) is 29.8 Å². The molecule has 1 aromatic carbocycles. The topological polar surface area (TPSA) is 69.6 Å². The van der Waals surface area contributed by atoms with Crippen molar-refractivity contribution in [1.29, 1.82) is 0 Å². The molecule has 0 radical (unpaired) electrons. The minimum atomic E-state index is -0.880. The molecular formula is C14H18N2O3. The van der Waals surface area contributed by atoms with Crippen LogP contribution in [0.15, 0.2) is 24.3 Å². The van der Waals surface area contributed by atoms with Crippen molar-refractivity contribution < 1.29 is 14.7 Å². The first-order valence-corrected chi connectivity index (χ1v) is 6.43. The van der Waals surface area contributed by atoms with Gasteiger partial charge in [-0.1, -0.05) is 18.2 Å². The second kappa shape index (κ2) is 5.73. The van der Waals surface area contributed by atoms with E-state index in [0.717, 1.165) is 24.1 Å². The van der Waals surface area contributed by atoms with E-state index in [1.807, 2.05) is 31.2 Å². The van der Waals surface area contributed by atoms with E-state index >= 15 is 0 Å². The Morgan fingerprint density at radius 3 is 2.63 bits per heavy atom. The van der Waals surface area contributed by atoms with Crippen LogP contribution < -0.4 is 5.32 Å². The van der Waals surface area contributed by atoms with Crippen LogP contribution in [0.25, 0.3) is 0 Å². The van der Waals surface area contributed by atoms with E-state index in [0.29, 0.717) is 0 Å². The molecule has 2 N–H and O–H groups in total. The zero-order chi connectivity index (χ0) is 13.8. The fourth-order valence-electron chi connectivity index (χ4n) is 1.95. The van der Waals surface area contributed by atoms with E-state index in [1.165, 1.54) is 0 Å².